The number of thiophene rings is 1. The summed E-state index contributed by atoms with van der Waals surface area (Å²) in [7, 11) is 0. The van der Waals surface area contributed by atoms with Crippen LogP contribution in [-0.2, 0) is 11.2 Å². The third-order valence-electron chi connectivity index (χ3n) is 3.99. The number of aromatic nitrogens is 1. The summed E-state index contributed by atoms with van der Waals surface area (Å²) in [6.07, 6.45) is 2.89. The third-order valence-corrected chi connectivity index (χ3v) is 4.93. The van der Waals surface area contributed by atoms with Gasteiger partial charge in [0.2, 0.25) is 0 Å². The highest BCUT2D eigenvalue weighted by molar-refractivity contribution is 7.09. The number of pyridine rings is 1. The van der Waals surface area contributed by atoms with Gasteiger partial charge in [0, 0.05) is 30.7 Å². The Bertz CT molecular complexity index is 647. The molecule has 0 radical (unpaired) electrons. The number of hydrogen-bond donors (Lipinski definition) is 1. The molecule has 0 aliphatic carbocycles. The summed E-state index contributed by atoms with van der Waals surface area (Å²) in [5.41, 5.74) is 0.597. The predicted molar refractivity (Wildman–Crippen MR) is 96.8 cm³/mol. The Hall–Kier alpha value is -1.92. The highest BCUT2D eigenvalue weighted by Crippen LogP contribution is 2.18. The normalized spacial score (nSPS) is 20.8. The van der Waals surface area contributed by atoms with E-state index in [-0.39, 0.29) is 18.1 Å². The molecule has 0 spiro atoms. The van der Waals surface area contributed by atoms with Crippen LogP contribution in [-0.4, -0.2) is 42.7 Å². The van der Waals surface area contributed by atoms with Gasteiger partial charge >= 0.3 is 0 Å². The van der Waals surface area contributed by atoms with E-state index < -0.39 is 0 Å². The first-order valence-corrected chi connectivity index (χ1v) is 9.17. The summed E-state index contributed by atoms with van der Waals surface area (Å²) in [4.78, 5) is 20.1. The van der Waals surface area contributed by atoms with E-state index in [9.17, 15) is 4.79 Å². The third kappa shape index (κ3) is 4.33. The van der Waals surface area contributed by atoms with Gasteiger partial charge < -0.3 is 15.0 Å². The van der Waals surface area contributed by atoms with Crippen molar-refractivity contribution in [2.24, 2.45) is 0 Å². The molecule has 2 aromatic heterocycles. The number of carbonyl (C=O) groups is 1. The van der Waals surface area contributed by atoms with Gasteiger partial charge in [-0.05, 0) is 43.8 Å². The summed E-state index contributed by atoms with van der Waals surface area (Å²) in [5.74, 6) is 0.821. The van der Waals surface area contributed by atoms with Gasteiger partial charge in [-0.2, -0.15) is 0 Å². The number of carbonyl (C=O) groups excluding carboxylic acids is 1. The van der Waals surface area contributed by atoms with Crippen molar-refractivity contribution < 1.29 is 9.53 Å². The SMILES string of the molecule is C[C@H]1CN(c2ccc(C(=O)NCCc3cccs3)cn2)C[C@H](C)O1. The smallest absolute Gasteiger partial charge is 0.252 e. The van der Waals surface area contributed by atoms with Gasteiger partial charge in [-0.3, -0.25) is 4.79 Å². The minimum absolute atomic E-state index is 0.0747. The van der Waals surface area contributed by atoms with Gasteiger partial charge in [0.05, 0.1) is 17.8 Å². The Kier molecular flexibility index (Phi) is 5.48. The van der Waals surface area contributed by atoms with Crippen LogP contribution in [0.3, 0.4) is 0 Å². The van der Waals surface area contributed by atoms with E-state index in [1.165, 1.54) is 4.88 Å². The van der Waals surface area contributed by atoms with Crippen LogP contribution in [0.5, 0.6) is 0 Å². The van der Waals surface area contributed by atoms with Gasteiger partial charge in [0.25, 0.3) is 5.91 Å². The number of anilines is 1. The topological polar surface area (TPSA) is 54.5 Å². The van der Waals surface area contributed by atoms with E-state index in [0.717, 1.165) is 25.3 Å². The fraction of sp³-hybridized carbons (Fsp3) is 0.444. The fourth-order valence-corrected chi connectivity index (χ4v) is 3.64. The highest BCUT2D eigenvalue weighted by Gasteiger charge is 2.23. The first-order chi connectivity index (χ1) is 11.6. The molecule has 128 valence electrons. The maximum atomic E-state index is 12.2. The first kappa shape index (κ1) is 16.9. The summed E-state index contributed by atoms with van der Waals surface area (Å²) < 4.78 is 5.74. The zero-order valence-electron chi connectivity index (χ0n) is 14.1. The Labute approximate surface area is 146 Å². The first-order valence-electron chi connectivity index (χ1n) is 8.29. The fourth-order valence-electron chi connectivity index (χ4n) is 2.93. The lowest BCUT2D eigenvalue weighted by Gasteiger charge is -2.36. The molecule has 0 aromatic carbocycles. The van der Waals surface area contributed by atoms with E-state index in [1.807, 2.05) is 23.6 Å². The maximum absolute atomic E-state index is 12.2. The molecule has 1 aliphatic heterocycles. The van der Waals surface area contributed by atoms with Crippen molar-refractivity contribution in [3.63, 3.8) is 0 Å². The van der Waals surface area contributed by atoms with Crippen LogP contribution in [0.25, 0.3) is 0 Å². The molecule has 3 heterocycles. The molecule has 6 heteroatoms. The Morgan fingerprint density at radius 2 is 2.12 bits per heavy atom. The Morgan fingerprint density at radius 1 is 1.33 bits per heavy atom. The van der Waals surface area contributed by atoms with Gasteiger partial charge in [0.1, 0.15) is 5.82 Å². The summed E-state index contributed by atoms with van der Waals surface area (Å²) >= 11 is 1.71. The van der Waals surface area contributed by atoms with Crippen molar-refractivity contribution in [2.75, 3.05) is 24.5 Å². The molecule has 1 aliphatic rings. The molecule has 0 saturated carbocycles. The monoisotopic (exact) mass is 345 g/mol. The second kappa shape index (κ2) is 7.77. The Balaban J connectivity index is 1.54. The van der Waals surface area contributed by atoms with Crippen LogP contribution in [0, 0.1) is 0 Å². The van der Waals surface area contributed by atoms with Crippen LogP contribution >= 0.6 is 11.3 Å². The largest absolute Gasteiger partial charge is 0.372 e. The molecule has 0 unspecified atom stereocenters. The number of rotatable bonds is 5. The van der Waals surface area contributed by atoms with E-state index in [2.05, 4.69) is 35.1 Å². The molecule has 5 nitrogen and oxygen atoms in total. The quantitative estimate of drug-likeness (QED) is 0.905. The number of hydrogen-bond acceptors (Lipinski definition) is 5. The van der Waals surface area contributed by atoms with Crippen LogP contribution in [0.15, 0.2) is 35.8 Å². The molecule has 24 heavy (non-hydrogen) atoms. The molecule has 3 rings (SSSR count). The predicted octanol–water partition coefficient (Wildman–Crippen LogP) is 2.73. The van der Waals surface area contributed by atoms with Crippen LogP contribution in [0.4, 0.5) is 5.82 Å². The summed E-state index contributed by atoms with van der Waals surface area (Å²) in [6, 6.07) is 7.86. The molecule has 1 amide bonds. The maximum Gasteiger partial charge on any atom is 0.252 e. The molecular formula is C18H23N3O2S. The van der Waals surface area contributed by atoms with Crippen LogP contribution in [0.2, 0.25) is 0 Å². The van der Waals surface area contributed by atoms with E-state index in [0.29, 0.717) is 12.1 Å². The van der Waals surface area contributed by atoms with Gasteiger partial charge in [0.15, 0.2) is 0 Å². The summed E-state index contributed by atoms with van der Waals surface area (Å²) in [6.45, 7) is 6.42. The second-order valence-electron chi connectivity index (χ2n) is 6.15. The molecule has 1 N–H and O–H groups in total. The number of nitrogens with zero attached hydrogens (tertiary/aromatic N) is 2. The average Bonchev–Trinajstić information content (AvgIpc) is 3.07. The van der Waals surface area contributed by atoms with Crippen LogP contribution in [0.1, 0.15) is 29.1 Å². The van der Waals surface area contributed by atoms with Crippen molar-refractivity contribution in [1.29, 1.82) is 0 Å². The van der Waals surface area contributed by atoms with Crippen molar-refractivity contribution in [3.05, 3.63) is 46.3 Å². The molecule has 1 fully saturated rings. The average molecular weight is 345 g/mol. The van der Waals surface area contributed by atoms with E-state index in [4.69, 9.17) is 4.74 Å². The highest BCUT2D eigenvalue weighted by atomic mass is 32.1. The van der Waals surface area contributed by atoms with Gasteiger partial charge in [-0.15, -0.1) is 11.3 Å². The molecule has 0 bridgehead atoms. The number of amides is 1. The van der Waals surface area contributed by atoms with Crippen molar-refractivity contribution >= 4 is 23.1 Å². The second-order valence-corrected chi connectivity index (χ2v) is 7.18. The molecule has 2 aromatic rings. The van der Waals surface area contributed by atoms with Gasteiger partial charge in [-0.1, -0.05) is 6.07 Å². The lowest BCUT2D eigenvalue weighted by molar-refractivity contribution is -0.00546. The zero-order valence-corrected chi connectivity index (χ0v) is 14.9. The van der Waals surface area contributed by atoms with E-state index in [1.54, 1.807) is 17.5 Å². The lowest BCUT2D eigenvalue weighted by atomic mass is 10.2. The van der Waals surface area contributed by atoms with Crippen molar-refractivity contribution in [2.45, 2.75) is 32.5 Å². The molecule has 1 saturated heterocycles. The minimum Gasteiger partial charge on any atom is -0.372 e. The summed E-state index contributed by atoms with van der Waals surface area (Å²) in [5, 5.41) is 4.99. The van der Waals surface area contributed by atoms with Gasteiger partial charge in [-0.25, -0.2) is 4.98 Å². The zero-order chi connectivity index (χ0) is 16.9. The standard InChI is InChI=1S/C18H23N3O2S/c1-13-11-21(12-14(2)23-13)17-6-5-15(10-20-17)18(22)19-8-7-16-4-3-9-24-16/h3-6,9-10,13-14H,7-8,11-12H2,1-2H3,(H,19,22)/t13-,14-/m0/s1. The number of ether oxygens (including phenoxy) is 1. The number of nitrogens with one attached hydrogen (secondary N) is 1. The van der Waals surface area contributed by atoms with Crippen molar-refractivity contribution in [1.82, 2.24) is 10.3 Å². The molecule has 2 atom stereocenters. The van der Waals surface area contributed by atoms with Crippen molar-refractivity contribution in [3.8, 4) is 0 Å². The number of morpholine rings is 1. The Morgan fingerprint density at radius 3 is 2.75 bits per heavy atom. The lowest BCUT2D eigenvalue weighted by Crippen LogP contribution is -2.45. The minimum atomic E-state index is -0.0747. The molecular weight excluding hydrogens is 322 g/mol. The van der Waals surface area contributed by atoms with E-state index >= 15 is 0 Å². The van der Waals surface area contributed by atoms with Crippen LogP contribution < -0.4 is 10.2 Å².